The largest absolute Gasteiger partial charge is 0.361 e. The molecule has 0 aliphatic carbocycles. The van der Waals surface area contributed by atoms with E-state index < -0.39 is 11.6 Å². The maximum absolute atomic E-state index is 13.8. The number of fused-ring (bicyclic) bond motifs is 3. The zero-order chi connectivity index (χ0) is 12.9. The molecule has 0 radical (unpaired) electrons. The molecule has 1 N–H and O–H groups in total. The Bertz CT molecular complexity index is 748. The van der Waals surface area contributed by atoms with Gasteiger partial charge in [0.25, 0.3) is 0 Å². The van der Waals surface area contributed by atoms with Gasteiger partial charge in [-0.15, -0.1) is 0 Å². The Labute approximate surface area is 101 Å². The third-order valence-electron chi connectivity index (χ3n) is 2.80. The van der Waals surface area contributed by atoms with Gasteiger partial charge in [0.1, 0.15) is 29.0 Å². The van der Waals surface area contributed by atoms with Crippen molar-refractivity contribution in [3.05, 3.63) is 30.1 Å². The van der Waals surface area contributed by atoms with Gasteiger partial charge in [-0.1, -0.05) is 0 Å². The molecule has 0 aliphatic rings. The minimum atomic E-state index is -0.625. The lowest BCUT2D eigenvalue weighted by atomic mass is 10.2. The summed E-state index contributed by atoms with van der Waals surface area (Å²) >= 11 is 0. The Balaban J connectivity index is 2.51. The number of hydrogen-bond donors (Lipinski definition) is 1. The molecule has 0 aliphatic heterocycles. The summed E-state index contributed by atoms with van der Waals surface area (Å²) in [4.78, 5) is 12.9. The third-order valence-corrected chi connectivity index (χ3v) is 2.80. The van der Waals surface area contributed by atoms with Crippen molar-refractivity contribution in [2.75, 3.05) is 19.0 Å². The average molecular weight is 248 g/mol. The number of anilines is 1. The summed E-state index contributed by atoms with van der Waals surface area (Å²) in [6.45, 7) is 0. The molecule has 6 heteroatoms. The van der Waals surface area contributed by atoms with Crippen LogP contribution >= 0.6 is 0 Å². The Morgan fingerprint density at radius 2 is 1.94 bits per heavy atom. The van der Waals surface area contributed by atoms with Crippen molar-refractivity contribution in [3.8, 4) is 0 Å². The molecule has 0 fully saturated rings. The van der Waals surface area contributed by atoms with Crippen LogP contribution in [0.5, 0.6) is 0 Å². The molecule has 18 heavy (non-hydrogen) atoms. The van der Waals surface area contributed by atoms with Crippen molar-refractivity contribution >= 4 is 27.8 Å². The van der Waals surface area contributed by atoms with E-state index in [1.165, 1.54) is 12.4 Å². The number of aromatic amines is 1. The first kappa shape index (κ1) is 10.9. The smallest absolute Gasteiger partial charge is 0.155 e. The molecular weight excluding hydrogens is 238 g/mol. The monoisotopic (exact) mass is 248 g/mol. The Morgan fingerprint density at radius 1 is 1.17 bits per heavy atom. The third kappa shape index (κ3) is 1.42. The van der Waals surface area contributed by atoms with E-state index in [0.29, 0.717) is 22.4 Å². The molecule has 4 nitrogen and oxygen atoms in total. The fourth-order valence-corrected chi connectivity index (χ4v) is 2.07. The molecule has 0 saturated heterocycles. The zero-order valence-electron chi connectivity index (χ0n) is 9.83. The van der Waals surface area contributed by atoms with Gasteiger partial charge in [-0.05, 0) is 6.07 Å². The number of benzene rings is 1. The van der Waals surface area contributed by atoms with E-state index in [1.807, 2.05) is 14.1 Å². The fraction of sp³-hybridized carbons (Fsp3) is 0.167. The van der Waals surface area contributed by atoms with Crippen molar-refractivity contribution in [2.24, 2.45) is 0 Å². The number of H-pyrrole nitrogens is 1. The minimum Gasteiger partial charge on any atom is -0.361 e. The first-order chi connectivity index (χ1) is 8.58. The second-order valence-corrected chi connectivity index (χ2v) is 4.25. The summed E-state index contributed by atoms with van der Waals surface area (Å²) in [5, 5.41) is 0.289. The maximum Gasteiger partial charge on any atom is 0.155 e. The van der Waals surface area contributed by atoms with Crippen molar-refractivity contribution in [2.45, 2.75) is 0 Å². The second-order valence-electron chi connectivity index (χ2n) is 4.25. The van der Waals surface area contributed by atoms with Crippen LogP contribution in [0.15, 0.2) is 18.5 Å². The van der Waals surface area contributed by atoms with Gasteiger partial charge in [0, 0.05) is 20.2 Å². The van der Waals surface area contributed by atoms with Gasteiger partial charge in [0.05, 0.1) is 10.9 Å². The molecule has 0 bridgehead atoms. The van der Waals surface area contributed by atoms with Crippen LogP contribution in [0.3, 0.4) is 0 Å². The molecule has 3 rings (SSSR count). The molecule has 0 saturated carbocycles. The average Bonchev–Trinajstić information content (AvgIpc) is 2.65. The molecule has 2 aromatic heterocycles. The first-order valence-electron chi connectivity index (χ1n) is 5.36. The molecule has 0 atom stereocenters. The van der Waals surface area contributed by atoms with Gasteiger partial charge in [-0.25, -0.2) is 18.7 Å². The van der Waals surface area contributed by atoms with E-state index in [2.05, 4.69) is 15.0 Å². The summed E-state index contributed by atoms with van der Waals surface area (Å²) in [7, 11) is 3.65. The van der Waals surface area contributed by atoms with E-state index >= 15 is 0 Å². The number of hydrogen-bond acceptors (Lipinski definition) is 3. The highest BCUT2D eigenvalue weighted by Gasteiger charge is 2.15. The number of nitrogens with one attached hydrogen (secondary N) is 1. The summed E-state index contributed by atoms with van der Waals surface area (Å²) in [6, 6.07) is 2.10. The van der Waals surface area contributed by atoms with Gasteiger partial charge >= 0.3 is 0 Å². The van der Waals surface area contributed by atoms with Crippen LogP contribution < -0.4 is 4.90 Å². The van der Waals surface area contributed by atoms with Crippen molar-refractivity contribution in [3.63, 3.8) is 0 Å². The predicted molar refractivity (Wildman–Crippen MR) is 65.6 cm³/mol. The zero-order valence-corrected chi connectivity index (χ0v) is 9.83. The van der Waals surface area contributed by atoms with E-state index in [9.17, 15) is 8.78 Å². The fourth-order valence-electron chi connectivity index (χ4n) is 2.07. The van der Waals surface area contributed by atoms with E-state index in [0.717, 1.165) is 6.07 Å². The standard InChI is InChI=1S/C12H10F2N4/c1-18(2)12-11-10(15-5-16-12)9-7(14)3-6(13)4-8(9)17-11/h3-5,17H,1-2H3. The number of aromatic nitrogens is 3. The highest BCUT2D eigenvalue weighted by molar-refractivity contribution is 6.08. The summed E-state index contributed by atoms with van der Waals surface area (Å²) in [5.74, 6) is -0.610. The molecule has 3 aromatic rings. The molecule has 92 valence electrons. The van der Waals surface area contributed by atoms with Crippen molar-refractivity contribution < 1.29 is 8.78 Å². The van der Waals surface area contributed by atoms with Crippen LogP contribution in [0.4, 0.5) is 14.6 Å². The van der Waals surface area contributed by atoms with E-state index in [4.69, 9.17) is 0 Å². The normalized spacial score (nSPS) is 11.3. The number of rotatable bonds is 1. The van der Waals surface area contributed by atoms with Crippen LogP contribution in [0, 0.1) is 11.6 Å². The van der Waals surface area contributed by atoms with Crippen LogP contribution in [-0.2, 0) is 0 Å². The van der Waals surface area contributed by atoms with Gasteiger partial charge in [-0.2, -0.15) is 0 Å². The van der Waals surface area contributed by atoms with Crippen LogP contribution in [0.25, 0.3) is 21.9 Å². The van der Waals surface area contributed by atoms with Gasteiger partial charge in [0.15, 0.2) is 5.82 Å². The van der Waals surface area contributed by atoms with Gasteiger partial charge in [0.2, 0.25) is 0 Å². The van der Waals surface area contributed by atoms with Crippen molar-refractivity contribution in [1.82, 2.24) is 15.0 Å². The Hall–Kier alpha value is -2.24. The SMILES string of the molecule is CN(C)c1ncnc2c1[nH]c1cc(F)cc(F)c12. The lowest BCUT2D eigenvalue weighted by Gasteiger charge is -2.10. The lowest BCUT2D eigenvalue weighted by Crippen LogP contribution is -2.11. The van der Waals surface area contributed by atoms with Gasteiger partial charge < -0.3 is 9.88 Å². The predicted octanol–water partition coefficient (Wildman–Crippen LogP) is 2.46. The molecule has 0 spiro atoms. The highest BCUT2D eigenvalue weighted by atomic mass is 19.1. The summed E-state index contributed by atoms with van der Waals surface area (Å²) in [5.41, 5.74) is 1.44. The highest BCUT2D eigenvalue weighted by Crippen LogP contribution is 2.30. The molecule has 1 aromatic carbocycles. The van der Waals surface area contributed by atoms with E-state index in [-0.39, 0.29) is 5.39 Å². The number of halogens is 2. The Morgan fingerprint density at radius 3 is 2.67 bits per heavy atom. The lowest BCUT2D eigenvalue weighted by molar-refractivity contribution is 0.592. The molecular formula is C12H10F2N4. The Kier molecular flexibility index (Phi) is 2.19. The van der Waals surface area contributed by atoms with Crippen molar-refractivity contribution in [1.29, 1.82) is 0 Å². The molecule has 0 amide bonds. The van der Waals surface area contributed by atoms with Crippen LogP contribution in [0.2, 0.25) is 0 Å². The van der Waals surface area contributed by atoms with Crippen LogP contribution in [0.1, 0.15) is 0 Å². The van der Waals surface area contributed by atoms with Crippen LogP contribution in [-0.4, -0.2) is 29.0 Å². The summed E-state index contributed by atoms with van der Waals surface area (Å²) in [6.07, 6.45) is 1.37. The maximum atomic E-state index is 13.8. The van der Waals surface area contributed by atoms with E-state index in [1.54, 1.807) is 4.90 Å². The number of nitrogens with zero attached hydrogens (tertiary/aromatic N) is 3. The second kappa shape index (κ2) is 3.63. The topological polar surface area (TPSA) is 44.8 Å². The minimum absolute atomic E-state index is 0.289. The van der Waals surface area contributed by atoms with Gasteiger partial charge in [-0.3, -0.25) is 0 Å². The molecule has 0 unspecified atom stereocenters. The quantitative estimate of drug-likeness (QED) is 0.719. The summed E-state index contributed by atoms with van der Waals surface area (Å²) < 4.78 is 27.0. The first-order valence-corrected chi connectivity index (χ1v) is 5.36. The molecule has 2 heterocycles.